The van der Waals surface area contributed by atoms with Crippen LogP contribution in [0.3, 0.4) is 0 Å². The average molecular weight is 236 g/mol. The van der Waals surface area contributed by atoms with Crippen LogP contribution >= 0.6 is 0 Å². The number of esters is 1. The van der Waals surface area contributed by atoms with E-state index in [0.717, 1.165) is 0 Å². The van der Waals surface area contributed by atoms with E-state index >= 15 is 0 Å². The second-order valence-electron chi connectivity index (χ2n) is 3.41. The van der Waals surface area contributed by atoms with E-state index in [1.807, 2.05) is 0 Å². The Hall–Kier alpha value is -1.84. The van der Waals surface area contributed by atoms with E-state index in [-0.39, 0.29) is 5.78 Å². The number of carbonyl (C=O) groups is 2. The van der Waals surface area contributed by atoms with E-state index < -0.39 is 5.97 Å². The van der Waals surface area contributed by atoms with Gasteiger partial charge in [0.25, 0.3) is 0 Å². The van der Waals surface area contributed by atoms with E-state index in [0.29, 0.717) is 29.9 Å². The van der Waals surface area contributed by atoms with E-state index in [2.05, 4.69) is 0 Å². The van der Waals surface area contributed by atoms with Gasteiger partial charge in [0.2, 0.25) is 0 Å². The van der Waals surface area contributed by atoms with Crippen LogP contribution < -0.4 is 4.74 Å². The normalized spacial score (nSPS) is 9.82. The van der Waals surface area contributed by atoms with Crippen molar-refractivity contribution in [3.05, 3.63) is 29.3 Å². The molecule has 1 rings (SSSR count). The van der Waals surface area contributed by atoms with Gasteiger partial charge in [0.15, 0.2) is 5.78 Å². The number of rotatable bonds is 5. The van der Waals surface area contributed by atoms with Crippen molar-refractivity contribution in [2.45, 2.75) is 20.3 Å². The second kappa shape index (κ2) is 6.03. The summed E-state index contributed by atoms with van der Waals surface area (Å²) in [4.78, 5) is 23.1. The largest absolute Gasteiger partial charge is 0.496 e. The molecule has 0 aliphatic rings. The Morgan fingerprint density at radius 1 is 1.24 bits per heavy atom. The standard InChI is InChI=1S/C13H16O4/c1-4-11(14)9-6-7-10(12(8-9)16-3)13(15)17-5-2/h6-8H,4-5H2,1-3H3. The van der Waals surface area contributed by atoms with Crippen LogP contribution in [0.5, 0.6) is 5.75 Å². The maximum atomic E-state index is 11.6. The van der Waals surface area contributed by atoms with Crippen LogP contribution in [-0.2, 0) is 4.74 Å². The summed E-state index contributed by atoms with van der Waals surface area (Å²) in [6, 6.07) is 4.73. The molecule has 0 amide bonds. The quantitative estimate of drug-likeness (QED) is 0.582. The highest BCUT2D eigenvalue weighted by molar-refractivity contribution is 5.99. The van der Waals surface area contributed by atoms with Gasteiger partial charge in [-0.1, -0.05) is 13.0 Å². The first-order valence-corrected chi connectivity index (χ1v) is 5.52. The summed E-state index contributed by atoms with van der Waals surface area (Å²) in [7, 11) is 1.46. The Balaban J connectivity index is 3.09. The number of benzene rings is 1. The van der Waals surface area contributed by atoms with E-state index in [1.54, 1.807) is 32.0 Å². The van der Waals surface area contributed by atoms with Crippen LogP contribution in [0.15, 0.2) is 18.2 Å². The van der Waals surface area contributed by atoms with Gasteiger partial charge < -0.3 is 9.47 Å². The van der Waals surface area contributed by atoms with Gasteiger partial charge in [-0.2, -0.15) is 0 Å². The number of Topliss-reactive ketones (excluding diaryl/α,β-unsaturated/α-hetero) is 1. The fraction of sp³-hybridized carbons (Fsp3) is 0.385. The lowest BCUT2D eigenvalue weighted by Crippen LogP contribution is -2.08. The maximum absolute atomic E-state index is 11.6. The molecule has 0 spiro atoms. The zero-order chi connectivity index (χ0) is 12.8. The molecule has 1 aromatic carbocycles. The van der Waals surface area contributed by atoms with Crippen LogP contribution in [0.4, 0.5) is 0 Å². The van der Waals surface area contributed by atoms with Crippen LogP contribution in [-0.4, -0.2) is 25.5 Å². The lowest BCUT2D eigenvalue weighted by Gasteiger charge is -2.09. The molecule has 17 heavy (non-hydrogen) atoms. The van der Waals surface area contributed by atoms with Crippen molar-refractivity contribution < 1.29 is 19.1 Å². The van der Waals surface area contributed by atoms with Crippen LogP contribution in [0.25, 0.3) is 0 Å². The first kappa shape index (κ1) is 13.2. The summed E-state index contributed by atoms with van der Waals surface area (Å²) in [5.41, 5.74) is 0.874. The molecule has 0 bridgehead atoms. The molecular formula is C13H16O4. The van der Waals surface area contributed by atoms with Gasteiger partial charge in [0.1, 0.15) is 11.3 Å². The Bertz CT molecular complexity index is 423. The van der Waals surface area contributed by atoms with Crippen molar-refractivity contribution >= 4 is 11.8 Å². The topological polar surface area (TPSA) is 52.6 Å². The molecule has 0 radical (unpaired) electrons. The number of ketones is 1. The number of ether oxygens (including phenoxy) is 2. The highest BCUT2D eigenvalue weighted by Gasteiger charge is 2.15. The van der Waals surface area contributed by atoms with Gasteiger partial charge >= 0.3 is 5.97 Å². The molecule has 0 aliphatic heterocycles. The Kier molecular flexibility index (Phi) is 4.69. The van der Waals surface area contributed by atoms with Gasteiger partial charge in [0.05, 0.1) is 13.7 Å². The predicted octanol–water partition coefficient (Wildman–Crippen LogP) is 2.46. The highest BCUT2D eigenvalue weighted by atomic mass is 16.5. The summed E-state index contributed by atoms with van der Waals surface area (Å²) in [6.07, 6.45) is 0.419. The zero-order valence-corrected chi connectivity index (χ0v) is 10.3. The summed E-state index contributed by atoms with van der Waals surface area (Å²) >= 11 is 0. The summed E-state index contributed by atoms with van der Waals surface area (Å²) in [5.74, 6) is -0.0682. The summed E-state index contributed by atoms with van der Waals surface area (Å²) in [6.45, 7) is 3.82. The molecule has 92 valence electrons. The minimum atomic E-state index is -0.445. The molecule has 0 aliphatic carbocycles. The van der Waals surface area contributed by atoms with Crippen molar-refractivity contribution in [1.29, 1.82) is 0 Å². The smallest absolute Gasteiger partial charge is 0.341 e. The lowest BCUT2D eigenvalue weighted by molar-refractivity contribution is 0.0522. The maximum Gasteiger partial charge on any atom is 0.341 e. The minimum absolute atomic E-state index is 0.0127. The number of methoxy groups -OCH3 is 1. The minimum Gasteiger partial charge on any atom is -0.496 e. The summed E-state index contributed by atoms with van der Waals surface area (Å²) in [5, 5.41) is 0. The van der Waals surface area contributed by atoms with E-state index in [9.17, 15) is 9.59 Å². The molecule has 4 nitrogen and oxygen atoms in total. The Labute approximate surface area is 101 Å². The summed E-state index contributed by atoms with van der Waals surface area (Å²) < 4.78 is 9.99. The highest BCUT2D eigenvalue weighted by Crippen LogP contribution is 2.22. The van der Waals surface area contributed by atoms with Crippen molar-refractivity contribution in [3.8, 4) is 5.75 Å². The third-order valence-corrected chi connectivity index (χ3v) is 2.34. The number of carbonyl (C=O) groups excluding carboxylic acids is 2. The molecular weight excluding hydrogens is 220 g/mol. The van der Waals surface area contributed by atoms with Crippen LogP contribution in [0.2, 0.25) is 0 Å². The van der Waals surface area contributed by atoms with Gasteiger partial charge in [-0.05, 0) is 19.1 Å². The van der Waals surface area contributed by atoms with E-state index in [1.165, 1.54) is 7.11 Å². The number of hydrogen-bond acceptors (Lipinski definition) is 4. The fourth-order valence-corrected chi connectivity index (χ4v) is 1.45. The van der Waals surface area contributed by atoms with Crippen LogP contribution in [0.1, 0.15) is 41.0 Å². The molecule has 0 N–H and O–H groups in total. The number of hydrogen-bond donors (Lipinski definition) is 0. The van der Waals surface area contributed by atoms with Gasteiger partial charge in [-0.25, -0.2) is 4.79 Å². The molecule has 0 unspecified atom stereocenters. The fourth-order valence-electron chi connectivity index (χ4n) is 1.45. The molecule has 0 fully saturated rings. The average Bonchev–Trinajstić information content (AvgIpc) is 2.37. The van der Waals surface area contributed by atoms with Crippen molar-refractivity contribution in [3.63, 3.8) is 0 Å². The Morgan fingerprint density at radius 3 is 2.47 bits per heavy atom. The van der Waals surface area contributed by atoms with Crippen molar-refractivity contribution in [2.24, 2.45) is 0 Å². The molecule has 0 atom stereocenters. The van der Waals surface area contributed by atoms with Crippen LogP contribution in [0, 0.1) is 0 Å². The first-order chi connectivity index (χ1) is 8.13. The molecule has 0 saturated carbocycles. The molecule has 0 aromatic heterocycles. The van der Waals surface area contributed by atoms with E-state index in [4.69, 9.17) is 9.47 Å². The third kappa shape index (κ3) is 3.06. The van der Waals surface area contributed by atoms with Gasteiger partial charge in [-0.15, -0.1) is 0 Å². The SMILES string of the molecule is CCOC(=O)c1ccc(C(=O)CC)cc1OC. The first-order valence-electron chi connectivity index (χ1n) is 5.52. The zero-order valence-electron chi connectivity index (χ0n) is 10.3. The Morgan fingerprint density at radius 2 is 1.94 bits per heavy atom. The third-order valence-electron chi connectivity index (χ3n) is 2.34. The lowest BCUT2D eigenvalue weighted by atomic mass is 10.1. The predicted molar refractivity (Wildman–Crippen MR) is 63.6 cm³/mol. The van der Waals surface area contributed by atoms with Gasteiger partial charge in [0, 0.05) is 12.0 Å². The monoisotopic (exact) mass is 236 g/mol. The van der Waals surface area contributed by atoms with Gasteiger partial charge in [-0.3, -0.25) is 4.79 Å². The molecule has 1 aromatic rings. The van der Waals surface area contributed by atoms with Crippen molar-refractivity contribution in [2.75, 3.05) is 13.7 Å². The molecule has 4 heteroatoms. The molecule has 0 heterocycles. The molecule has 0 saturated heterocycles. The van der Waals surface area contributed by atoms with Crippen molar-refractivity contribution in [1.82, 2.24) is 0 Å². The second-order valence-corrected chi connectivity index (χ2v) is 3.41.